The molecule has 35 heavy (non-hydrogen) atoms. The monoisotopic (exact) mass is 469 g/mol. The van der Waals surface area contributed by atoms with Gasteiger partial charge in [0.1, 0.15) is 11.6 Å². The normalized spacial score (nSPS) is 14.9. The van der Waals surface area contributed by atoms with Crippen LogP contribution in [0.3, 0.4) is 0 Å². The van der Waals surface area contributed by atoms with Crippen molar-refractivity contribution in [2.75, 3.05) is 19.6 Å². The van der Waals surface area contributed by atoms with Gasteiger partial charge in [-0.3, -0.25) is 4.79 Å². The Labute approximate surface area is 205 Å². The molecule has 7 heteroatoms. The van der Waals surface area contributed by atoms with Gasteiger partial charge in [-0.2, -0.15) is 0 Å². The van der Waals surface area contributed by atoms with E-state index < -0.39 is 0 Å². The van der Waals surface area contributed by atoms with E-state index in [-0.39, 0.29) is 11.9 Å². The summed E-state index contributed by atoms with van der Waals surface area (Å²) >= 11 is 0. The summed E-state index contributed by atoms with van der Waals surface area (Å²) in [5.41, 5.74) is 3.20. The maximum atomic E-state index is 12.7. The van der Waals surface area contributed by atoms with Crippen LogP contribution in [0.4, 0.5) is 0 Å². The number of nitrogens with zero attached hydrogens (tertiary/aromatic N) is 4. The standard InChI is InChI=1S/C28H31N5O2/c1-20(29-28(34)24-14-18-35-21(24)2)27-31-30-26-13-15-32(16-17-33(26)27)19-25(22-9-5-3-6-10-22)23-11-7-4-8-12-23/h3-12,14,18,20,25H,13,15-17,19H2,1-2H3,(H,29,34)/t20-/m1/s1. The van der Waals surface area contributed by atoms with Gasteiger partial charge in [-0.15, -0.1) is 10.2 Å². The number of amides is 1. The predicted molar refractivity (Wildman–Crippen MR) is 134 cm³/mol. The third-order valence-corrected chi connectivity index (χ3v) is 6.83. The molecule has 180 valence electrons. The third kappa shape index (κ3) is 5.05. The molecule has 0 saturated heterocycles. The van der Waals surface area contributed by atoms with E-state index >= 15 is 0 Å². The van der Waals surface area contributed by atoms with Crippen LogP contribution in [-0.2, 0) is 13.0 Å². The van der Waals surface area contributed by atoms with Crippen LogP contribution in [0.15, 0.2) is 77.4 Å². The topological polar surface area (TPSA) is 76.2 Å². The first kappa shape index (κ1) is 23.1. The van der Waals surface area contributed by atoms with E-state index in [0.29, 0.717) is 17.2 Å². The van der Waals surface area contributed by atoms with Gasteiger partial charge in [0.2, 0.25) is 0 Å². The molecule has 0 spiro atoms. The van der Waals surface area contributed by atoms with Crippen molar-refractivity contribution in [3.63, 3.8) is 0 Å². The zero-order chi connectivity index (χ0) is 24.2. The van der Waals surface area contributed by atoms with E-state index in [1.54, 1.807) is 13.0 Å². The minimum absolute atomic E-state index is 0.162. The number of furan rings is 1. The number of rotatable bonds is 7. The SMILES string of the molecule is Cc1occc1C(=O)N[C@H](C)c1nnc2n1CCN(CC(c1ccccc1)c1ccccc1)CC2. The van der Waals surface area contributed by atoms with Crippen LogP contribution in [0.5, 0.6) is 0 Å². The second-order valence-corrected chi connectivity index (χ2v) is 9.14. The molecule has 7 nitrogen and oxygen atoms in total. The molecule has 4 aromatic rings. The molecule has 1 aliphatic heterocycles. The summed E-state index contributed by atoms with van der Waals surface area (Å²) in [4.78, 5) is 15.2. The molecule has 2 aromatic heterocycles. The van der Waals surface area contributed by atoms with Gasteiger partial charge in [0.25, 0.3) is 5.91 Å². The smallest absolute Gasteiger partial charge is 0.255 e. The zero-order valence-electron chi connectivity index (χ0n) is 20.2. The lowest BCUT2D eigenvalue weighted by molar-refractivity contribution is 0.0936. The van der Waals surface area contributed by atoms with Crippen LogP contribution in [0, 0.1) is 6.92 Å². The summed E-state index contributed by atoms with van der Waals surface area (Å²) in [5.74, 6) is 2.51. The van der Waals surface area contributed by atoms with Gasteiger partial charge in [0.15, 0.2) is 5.82 Å². The Balaban J connectivity index is 1.29. The number of aromatic nitrogens is 3. The lowest BCUT2D eigenvalue weighted by Gasteiger charge is -2.27. The molecule has 0 aliphatic carbocycles. The van der Waals surface area contributed by atoms with Gasteiger partial charge in [0.05, 0.1) is 17.9 Å². The fourth-order valence-corrected chi connectivity index (χ4v) is 4.88. The van der Waals surface area contributed by atoms with Crippen molar-refractivity contribution in [3.05, 3.63) is 107 Å². The van der Waals surface area contributed by atoms with E-state index in [2.05, 4.69) is 85.6 Å². The van der Waals surface area contributed by atoms with Crippen LogP contribution in [0.1, 0.15) is 57.8 Å². The molecule has 1 atom stereocenters. The van der Waals surface area contributed by atoms with Gasteiger partial charge in [0, 0.05) is 38.5 Å². The summed E-state index contributed by atoms with van der Waals surface area (Å²) in [6, 6.07) is 22.9. The summed E-state index contributed by atoms with van der Waals surface area (Å²) < 4.78 is 7.45. The van der Waals surface area contributed by atoms with Crippen LogP contribution < -0.4 is 5.32 Å². The fourth-order valence-electron chi connectivity index (χ4n) is 4.88. The average molecular weight is 470 g/mol. The van der Waals surface area contributed by atoms with Crippen LogP contribution in [-0.4, -0.2) is 45.2 Å². The maximum Gasteiger partial charge on any atom is 0.255 e. The van der Waals surface area contributed by atoms with Gasteiger partial charge in [-0.25, -0.2) is 0 Å². The van der Waals surface area contributed by atoms with Crippen LogP contribution in [0.25, 0.3) is 0 Å². The highest BCUT2D eigenvalue weighted by Gasteiger charge is 2.25. The number of aryl methyl sites for hydroxylation is 1. The van der Waals surface area contributed by atoms with Crippen molar-refractivity contribution >= 4 is 5.91 Å². The van der Waals surface area contributed by atoms with E-state index in [1.807, 2.05) is 6.92 Å². The number of fused-ring (bicyclic) bond motifs is 1. The molecule has 0 unspecified atom stereocenters. The minimum Gasteiger partial charge on any atom is -0.469 e. The largest absolute Gasteiger partial charge is 0.469 e. The van der Waals surface area contributed by atoms with Crippen LogP contribution >= 0.6 is 0 Å². The molecule has 0 bridgehead atoms. The quantitative estimate of drug-likeness (QED) is 0.435. The summed E-state index contributed by atoms with van der Waals surface area (Å²) in [5, 5.41) is 12.0. The fraction of sp³-hybridized carbons (Fsp3) is 0.321. The maximum absolute atomic E-state index is 12.7. The summed E-state index contributed by atoms with van der Waals surface area (Å²) in [6.07, 6.45) is 2.36. The molecule has 1 amide bonds. The van der Waals surface area contributed by atoms with Crippen molar-refractivity contribution in [2.24, 2.45) is 0 Å². The average Bonchev–Trinajstić information content (AvgIpc) is 3.45. The van der Waals surface area contributed by atoms with Crippen molar-refractivity contribution in [2.45, 2.75) is 38.8 Å². The van der Waals surface area contributed by atoms with Crippen molar-refractivity contribution < 1.29 is 9.21 Å². The molecule has 0 saturated carbocycles. The highest BCUT2D eigenvalue weighted by atomic mass is 16.3. The Kier molecular flexibility index (Phi) is 6.77. The van der Waals surface area contributed by atoms with E-state index in [1.165, 1.54) is 17.4 Å². The highest BCUT2D eigenvalue weighted by Crippen LogP contribution is 2.26. The van der Waals surface area contributed by atoms with Crippen molar-refractivity contribution in [3.8, 4) is 0 Å². The predicted octanol–water partition coefficient (Wildman–Crippen LogP) is 4.36. The summed E-state index contributed by atoms with van der Waals surface area (Å²) in [6.45, 7) is 7.29. The Hall–Kier alpha value is -3.71. The van der Waals surface area contributed by atoms with Gasteiger partial charge < -0.3 is 19.2 Å². The molecule has 1 aliphatic rings. The Morgan fingerprint density at radius 3 is 2.29 bits per heavy atom. The van der Waals surface area contributed by atoms with Gasteiger partial charge >= 0.3 is 0 Å². The Bertz CT molecular complexity index is 1230. The number of carbonyl (C=O) groups excluding carboxylic acids is 1. The van der Waals surface area contributed by atoms with E-state index in [9.17, 15) is 4.79 Å². The number of nitrogens with one attached hydrogen (secondary N) is 1. The van der Waals surface area contributed by atoms with Gasteiger partial charge in [-0.05, 0) is 31.0 Å². The molecule has 2 aromatic carbocycles. The molecule has 3 heterocycles. The number of hydrogen-bond acceptors (Lipinski definition) is 5. The lowest BCUT2D eigenvalue weighted by Crippen LogP contribution is -2.33. The minimum atomic E-state index is -0.258. The summed E-state index contributed by atoms with van der Waals surface area (Å²) in [7, 11) is 0. The first-order valence-corrected chi connectivity index (χ1v) is 12.2. The first-order chi connectivity index (χ1) is 17.1. The molecular weight excluding hydrogens is 438 g/mol. The second-order valence-electron chi connectivity index (χ2n) is 9.14. The third-order valence-electron chi connectivity index (χ3n) is 6.83. The van der Waals surface area contributed by atoms with Crippen LogP contribution in [0.2, 0.25) is 0 Å². The number of benzene rings is 2. The highest BCUT2D eigenvalue weighted by molar-refractivity contribution is 5.95. The first-order valence-electron chi connectivity index (χ1n) is 12.2. The zero-order valence-corrected chi connectivity index (χ0v) is 20.2. The molecule has 0 radical (unpaired) electrons. The Morgan fingerprint density at radius 2 is 1.66 bits per heavy atom. The van der Waals surface area contributed by atoms with Gasteiger partial charge in [-0.1, -0.05) is 60.7 Å². The van der Waals surface area contributed by atoms with Crippen molar-refractivity contribution in [1.29, 1.82) is 0 Å². The molecule has 0 fully saturated rings. The van der Waals surface area contributed by atoms with E-state index in [4.69, 9.17) is 4.42 Å². The lowest BCUT2D eigenvalue weighted by atomic mass is 9.90. The Morgan fingerprint density at radius 1 is 0.971 bits per heavy atom. The van der Waals surface area contributed by atoms with Crippen molar-refractivity contribution in [1.82, 2.24) is 25.0 Å². The second kappa shape index (κ2) is 10.3. The number of carbonyl (C=O) groups is 1. The van der Waals surface area contributed by atoms with E-state index in [0.717, 1.165) is 44.2 Å². The molecular formula is C28H31N5O2. The molecule has 5 rings (SSSR count). The molecule has 1 N–H and O–H groups in total. The number of hydrogen-bond donors (Lipinski definition) is 1.